The van der Waals surface area contributed by atoms with Gasteiger partial charge >= 0.3 is 0 Å². The van der Waals surface area contributed by atoms with Crippen molar-refractivity contribution < 1.29 is 9.63 Å². The number of carbonyl (C=O) groups is 1. The highest BCUT2D eigenvalue weighted by atomic mass is 32.1. The fraction of sp³-hybridized carbons (Fsp3) is 0.267. The van der Waals surface area contributed by atoms with Crippen molar-refractivity contribution in [3.05, 3.63) is 52.0 Å². The number of carbonyl (C=O) groups excluding carboxylic acids is 1. The van der Waals surface area contributed by atoms with Crippen molar-refractivity contribution in [2.45, 2.75) is 26.0 Å². The summed E-state index contributed by atoms with van der Waals surface area (Å²) in [7, 11) is 0. The molecule has 21 heavy (non-hydrogen) atoms. The van der Waals surface area contributed by atoms with Crippen LogP contribution in [-0.2, 0) is 16.2 Å². The maximum absolute atomic E-state index is 12.1. The van der Waals surface area contributed by atoms with Crippen LogP contribution >= 0.6 is 11.3 Å². The monoisotopic (exact) mass is 301 g/mol. The van der Waals surface area contributed by atoms with E-state index in [0.717, 1.165) is 22.0 Å². The lowest BCUT2D eigenvalue weighted by Gasteiger charge is -2.08. The Bertz CT molecular complexity index is 667. The maximum Gasteiger partial charge on any atom is 0.264 e. The molecule has 1 atom stereocenters. The van der Waals surface area contributed by atoms with Crippen LogP contribution in [0.3, 0.4) is 0 Å². The Morgan fingerprint density at radius 1 is 1.43 bits per heavy atom. The van der Waals surface area contributed by atoms with Crippen LogP contribution in [0.15, 0.2) is 40.9 Å². The van der Waals surface area contributed by atoms with Crippen molar-refractivity contribution >= 4 is 23.0 Å². The number of hydrogen-bond donors (Lipinski definition) is 1. The number of hydrogen-bond acceptors (Lipinski definition) is 5. The average molecular weight is 301 g/mol. The normalized spacial score (nSPS) is 17.2. The molecular weight excluding hydrogens is 286 g/mol. The summed E-state index contributed by atoms with van der Waals surface area (Å²) in [5.41, 5.74) is 2.66. The molecule has 1 amide bonds. The lowest BCUT2D eigenvalue weighted by Crippen LogP contribution is -2.34. The molecule has 1 aliphatic heterocycles. The first kappa shape index (κ1) is 13.8. The Labute approximate surface area is 126 Å². The topological polar surface area (TPSA) is 63.6 Å². The Morgan fingerprint density at radius 3 is 2.95 bits per heavy atom. The Kier molecular flexibility index (Phi) is 3.96. The molecule has 1 aliphatic rings. The lowest BCUT2D eigenvalue weighted by molar-refractivity contribution is -0.131. The van der Waals surface area contributed by atoms with Crippen LogP contribution in [0, 0.1) is 6.92 Å². The fourth-order valence-electron chi connectivity index (χ4n) is 2.10. The van der Waals surface area contributed by atoms with Gasteiger partial charge in [-0.15, -0.1) is 11.3 Å². The largest absolute Gasteiger partial charge is 0.382 e. The van der Waals surface area contributed by atoms with Crippen LogP contribution in [0.4, 0.5) is 0 Å². The van der Waals surface area contributed by atoms with Gasteiger partial charge in [-0.3, -0.25) is 4.79 Å². The number of amides is 1. The summed E-state index contributed by atoms with van der Waals surface area (Å²) in [4.78, 5) is 21.6. The zero-order chi connectivity index (χ0) is 14.7. The fourth-order valence-corrected chi connectivity index (χ4v) is 2.71. The Morgan fingerprint density at radius 2 is 2.24 bits per heavy atom. The van der Waals surface area contributed by atoms with Gasteiger partial charge in [0.2, 0.25) is 6.10 Å². The highest BCUT2D eigenvalue weighted by molar-refractivity contribution is 7.09. The second-order valence-corrected chi connectivity index (χ2v) is 5.84. The van der Waals surface area contributed by atoms with E-state index < -0.39 is 6.10 Å². The molecule has 0 radical (unpaired) electrons. The lowest BCUT2D eigenvalue weighted by atomic mass is 10.0. The number of oxime groups is 1. The van der Waals surface area contributed by atoms with Gasteiger partial charge in [-0.05, 0) is 12.5 Å². The van der Waals surface area contributed by atoms with Gasteiger partial charge in [0.1, 0.15) is 0 Å². The Balaban J connectivity index is 1.54. The number of thiazole rings is 1. The number of nitrogens with zero attached hydrogens (tertiary/aromatic N) is 2. The first-order valence-electron chi connectivity index (χ1n) is 6.69. The molecule has 2 heterocycles. The van der Waals surface area contributed by atoms with Crippen LogP contribution in [0.1, 0.15) is 22.7 Å². The third-order valence-corrected chi connectivity index (χ3v) is 4.00. The van der Waals surface area contributed by atoms with Crippen LogP contribution in [-0.4, -0.2) is 22.7 Å². The summed E-state index contributed by atoms with van der Waals surface area (Å²) < 4.78 is 0. The van der Waals surface area contributed by atoms with E-state index in [1.165, 1.54) is 0 Å². The van der Waals surface area contributed by atoms with Gasteiger partial charge in [-0.2, -0.15) is 0 Å². The molecule has 2 aromatic rings. The summed E-state index contributed by atoms with van der Waals surface area (Å²) >= 11 is 1.57. The molecule has 1 unspecified atom stereocenters. The predicted octanol–water partition coefficient (Wildman–Crippen LogP) is 2.26. The SMILES string of the molecule is Cc1nc(CNC(=O)C2CC(c3ccccc3)=NO2)cs1. The van der Waals surface area contributed by atoms with Crippen molar-refractivity contribution in [1.82, 2.24) is 10.3 Å². The number of nitrogens with one attached hydrogen (secondary N) is 1. The predicted molar refractivity (Wildman–Crippen MR) is 81.2 cm³/mol. The van der Waals surface area contributed by atoms with Gasteiger partial charge in [-0.1, -0.05) is 35.5 Å². The highest BCUT2D eigenvalue weighted by Gasteiger charge is 2.28. The van der Waals surface area contributed by atoms with Crippen molar-refractivity contribution in [2.24, 2.45) is 5.16 Å². The van der Waals surface area contributed by atoms with E-state index in [1.807, 2.05) is 42.6 Å². The van der Waals surface area contributed by atoms with E-state index in [1.54, 1.807) is 11.3 Å². The van der Waals surface area contributed by atoms with Gasteiger partial charge in [0.25, 0.3) is 5.91 Å². The molecule has 3 rings (SSSR count). The molecule has 0 spiro atoms. The van der Waals surface area contributed by atoms with Crippen molar-refractivity contribution in [3.8, 4) is 0 Å². The van der Waals surface area contributed by atoms with Gasteiger partial charge in [-0.25, -0.2) is 4.98 Å². The molecule has 108 valence electrons. The van der Waals surface area contributed by atoms with E-state index in [-0.39, 0.29) is 5.91 Å². The molecule has 1 N–H and O–H groups in total. The van der Waals surface area contributed by atoms with Crippen LogP contribution < -0.4 is 5.32 Å². The van der Waals surface area contributed by atoms with Crippen molar-refractivity contribution in [3.63, 3.8) is 0 Å². The van der Waals surface area contributed by atoms with Crippen molar-refractivity contribution in [2.75, 3.05) is 0 Å². The first-order chi connectivity index (χ1) is 10.2. The standard InChI is InChI=1S/C15H15N3O2S/c1-10-17-12(9-21-10)8-16-15(19)14-7-13(18-20-14)11-5-3-2-4-6-11/h2-6,9,14H,7-8H2,1H3,(H,16,19). The number of aromatic nitrogens is 1. The minimum atomic E-state index is -0.556. The third kappa shape index (κ3) is 3.28. The molecule has 1 aromatic carbocycles. The van der Waals surface area contributed by atoms with Gasteiger partial charge in [0, 0.05) is 11.8 Å². The van der Waals surface area contributed by atoms with Gasteiger partial charge in [0.15, 0.2) is 0 Å². The summed E-state index contributed by atoms with van der Waals surface area (Å²) in [5.74, 6) is -0.157. The molecule has 1 aromatic heterocycles. The first-order valence-corrected chi connectivity index (χ1v) is 7.57. The molecule has 0 fully saturated rings. The van der Waals surface area contributed by atoms with Crippen LogP contribution in [0.25, 0.3) is 0 Å². The second-order valence-electron chi connectivity index (χ2n) is 4.78. The quantitative estimate of drug-likeness (QED) is 0.942. The molecule has 0 bridgehead atoms. The van der Waals surface area contributed by atoms with Gasteiger partial charge in [0.05, 0.1) is 23.0 Å². The number of rotatable bonds is 4. The van der Waals surface area contributed by atoms with Crippen LogP contribution in [0.2, 0.25) is 0 Å². The summed E-state index contributed by atoms with van der Waals surface area (Å²) in [6, 6.07) is 9.74. The van der Waals surface area contributed by atoms with Gasteiger partial charge < -0.3 is 10.2 Å². The maximum atomic E-state index is 12.1. The number of aryl methyl sites for hydroxylation is 1. The zero-order valence-electron chi connectivity index (χ0n) is 11.6. The molecule has 0 aliphatic carbocycles. The van der Waals surface area contributed by atoms with Crippen molar-refractivity contribution in [1.29, 1.82) is 0 Å². The number of benzene rings is 1. The molecule has 5 nitrogen and oxygen atoms in total. The van der Waals surface area contributed by atoms with E-state index in [4.69, 9.17) is 4.84 Å². The Hall–Kier alpha value is -2.21. The van der Waals surface area contributed by atoms with E-state index >= 15 is 0 Å². The second kappa shape index (κ2) is 6.05. The molecule has 6 heteroatoms. The smallest absolute Gasteiger partial charge is 0.264 e. The van der Waals surface area contributed by atoms with E-state index in [0.29, 0.717) is 13.0 Å². The van der Waals surface area contributed by atoms with E-state index in [2.05, 4.69) is 15.5 Å². The summed E-state index contributed by atoms with van der Waals surface area (Å²) in [5, 5.41) is 9.78. The van der Waals surface area contributed by atoms with Crippen LogP contribution in [0.5, 0.6) is 0 Å². The highest BCUT2D eigenvalue weighted by Crippen LogP contribution is 2.17. The summed E-state index contributed by atoms with van der Waals surface area (Å²) in [6.07, 6.45) is -0.0636. The average Bonchev–Trinajstić information content (AvgIpc) is 3.15. The molecule has 0 saturated carbocycles. The van der Waals surface area contributed by atoms with E-state index in [9.17, 15) is 4.79 Å². The third-order valence-electron chi connectivity index (χ3n) is 3.18. The molecule has 0 saturated heterocycles. The minimum Gasteiger partial charge on any atom is -0.382 e. The minimum absolute atomic E-state index is 0.157. The summed E-state index contributed by atoms with van der Waals surface area (Å²) in [6.45, 7) is 2.36. The zero-order valence-corrected chi connectivity index (χ0v) is 12.4. The molecular formula is C15H15N3O2S.